The molecule has 1 aromatic rings. The molecule has 2 atom stereocenters. The number of pyridine rings is 1. The summed E-state index contributed by atoms with van der Waals surface area (Å²) in [6.07, 6.45) is 4.43. The Labute approximate surface area is 123 Å². The van der Waals surface area contributed by atoms with Crippen molar-refractivity contribution < 1.29 is 14.3 Å². The summed E-state index contributed by atoms with van der Waals surface area (Å²) >= 11 is 0. The Morgan fingerprint density at radius 3 is 3.00 bits per heavy atom. The van der Waals surface area contributed by atoms with Gasteiger partial charge in [0.25, 0.3) is 0 Å². The summed E-state index contributed by atoms with van der Waals surface area (Å²) in [5.74, 6) is -0.801. The van der Waals surface area contributed by atoms with Crippen molar-refractivity contribution in [2.75, 3.05) is 31.6 Å². The second-order valence-electron chi connectivity index (χ2n) is 6.01. The Hall–Kier alpha value is -1.69. The highest BCUT2D eigenvalue weighted by Crippen LogP contribution is 2.32. The van der Waals surface area contributed by atoms with E-state index in [1.165, 1.54) is 6.42 Å². The Balaban J connectivity index is 1.84. The first-order valence-electron chi connectivity index (χ1n) is 7.40. The predicted molar refractivity (Wildman–Crippen MR) is 77.1 cm³/mol. The van der Waals surface area contributed by atoms with Crippen molar-refractivity contribution in [3.63, 3.8) is 0 Å². The lowest BCUT2D eigenvalue weighted by Gasteiger charge is -2.46. The molecule has 1 N–H and O–H groups in total. The Bertz CT molecular complexity index is 552. The number of carboxylic acids is 1. The van der Waals surface area contributed by atoms with Crippen molar-refractivity contribution in [1.29, 1.82) is 0 Å². The maximum Gasteiger partial charge on any atom is 0.339 e. The summed E-state index contributed by atoms with van der Waals surface area (Å²) in [4.78, 5) is 19.8. The second-order valence-corrected chi connectivity index (χ2v) is 6.01. The van der Waals surface area contributed by atoms with E-state index in [2.05, 4.69) is 16.9 Å². The van der Waals surface area contributed by atoms with Crippen LogP contribution in [0, 0.1) is 11.7 Å². The molecule has 114 valence electrons. The third-order valence-electron chi connectivity index (χ3n) is 4.71. The van der Waals surface area contributed by atoms with Gasteiger partial charge in [0, 0.05) is 19.1 Å². The second kappa shape index (κ2) is 5.60. The van der Waals surface area contributed by atoms with E-state index in [4.69, 9.17) is 0 Å². The van der Waals surface area contributed by atoms with E-state index in [0.29, 0.717) is 17.8 Å². The molecule has 5 nitrogen and oxygen atoms in total. The molecule has 3 heterocycles. The zero-order valence-electron chi connectivity index (χ0n) is 12.1. The maximum atomic E-state index is 13.2. The van der Waals surface area contributed by atoms with Gasteiger partial charge in [0.05, 0.1) is 6.20 Å². The van der Waals surface area contributed by atoms with Crippen LogP contribution in [0.5, 0.6) is 0 Å². The molecule has 2 fully saturated rings. The van der Waals surface area contributed by atoms with Crippen LogP contribution < -0.4 is 4.90 Å². The van der Waals surface area contributed by atoms with Crippen LogP contribution in [0.25, 0.3) is 0 Å². The highest BCUT2D eigenvalue weighted by Gasteiger charge is 2.35. The number of carboxylic acid groups (broad SMARTS) is 1. The average molecular weight is 293 g/mol. The number of anilines is 1. The molecule has 2 unspecified atom stereocenters. The van der Waals surface area contributed by atoms with Gasteiger partial charge >= 0.3 is 5.97 Å². The molecule has 0 bridgehead atoms. The van der Waals surface area contributed by atoms with Crippen LogP contribution in [0.2, 0.25) is 0 Å². The number of fused-ring (bicyclic) bond motifs is 1. The largest absolute Gasteiger partial charge is 0.478 e. The molecule has 2 saturated heterocycles. The number of aromatic carboxylic acids is 1. The number of halogens is 1. The number of hydrogen-bond donors (Lipinski definition) is 1. The van der Waals surface area contributed by atoms with Gasteiger partial charge in [-0.25, -0.2) is 14.2 Å². The van der Waals surface area contributed by atoms with Crippen molar-refractivity contribution >= 4 is 11.8 Å². The Kier molecular flexibility index (Phi) is 3.80. The van der Waals surface area contributed by atoms with Crippen LogP contribution >= 0.6 is 0 Å². The fourth-order valence-corrected chi connectivity index (χ4v) is 3.69. The topological polar surface area (TPSA) is 56.7 Å². The third-order valence-corrected chi connectivity index (χ3v) is 4.71. The zero-order valence-corrected chi connectivity index (χ0v) is 12.1. The molecule has 2 aliphatic heterocycles. The highest BCUT2D eigenvalue weighted by atomic mass is 19.1. The lowest BCUT2D eigenvalue weighted by atomic mass is 9.84. The number of aromatic nitrogens is 1. The minimum absolute atomic E-state index is 0.0439. The molecule has 1 aromatic heterocycles. The lowest BCUT2D eigenvalue weighted by molar-refractivity contribution is 0.0695. The van der Waals surface area contributed by atoms with Gasteiger partial charge in [-0.05, 0) is 44.8 Å². The summed E-state index contributed by atoms with van der Waals surface area (Å²) in [6, 6.07) is 1.63. The molecule has 0 amide bonds. The van der Waals surface area contributed by atoms with Gasteiger partial charge in [-0.15, -0.1) is 0 Å². The minimum atomic E-state index is -1.13. The summed E-state index contributed by atoms with van der Waals surface area (Å²) in [5.41, 5.74) is -0.0439. The molecular formula is C15H20FN3O2. The van der Waals surface area contributed by atoms with Gasteiger partial charge in [0.15, 0.2) is 0 Å². The van der Waals surface area contributed by atoms with Crippen molar-refractivity contribution in [3.05, 3.63) is 23.6 Å². The van der Waals surface area contributed by atoms with E-state index in [1.54, 1.807) is 0 Å². The monoisotopic (exact) mass is 293 g/mol. The quantitative estimate of drug-likeness (QED) is 0.901. The normalized spacial score (nSPS) is 26.5. The van der Waals surface area contributed by atoms with E-state index in [-0.39, 0.29) is 5.56 Å². The first kappa shape index (κ1) is 14.3. The van der Waals surface area contributed by atoms with Crippen LogP contribution in [0.15, 0.2) is 12.3 Å². The van der Waals surface area contributed by atoms with Gasteiger partial charge in [-0.2, -0.15) is 0 Å². The third kappa shape index (κ3) is 2.72. The van der Waals surface area contributed by atoms with Gasteiger partial charge in [0.1, 0.15) is 17.2 Å². The highest BCUT2D eigenvalue weighted by molar-refractivity contribution is 5.93. The van der Waals surface area contributed by atoms with Gasteiger partial charge in [-0.1, -0.05) is 0 Å². The molecule has 2 aliphatic rings. The number of carbonyl (C=O) groups is 1. The lowest BCUT2D eigenvalue weighted by Crippen LogP contribution is -2.53. The van der Waals surface area contributed by atoms with Gasteiger partial charge in [0.2, 0.25) is 0 Å². The number of piperidine rings is 2. The van der Waals surface area contributed by atoms with Crippen LogP contribution in [-0.4, -0.2) is 53.7 Å². The Morgan fingerprint density at radius 1 is 1.43 bits per heavy atom. The molecule has 0 saturated carbocycles. The van der Waals surface area contributed by atoms with Crippen LogP contribution in [0.3, 0.4) is 0 Å². The van der Waals surface area contributed by atoms with Gasteiger partial charge < -0.3 is 14.9 Å². The minimum Gasteiger partial charge on any atom is -0.478 e. The Morgan fingerprint density at radius 2 is 2.24 bits per heavy atom. The maximum absolute atomic E-state index is 13.2. The number of rotatable bonds is 2. The van der Waals surface area contributed by atoms with E-state index < -0.39 is 11.8 Å². The van der Waals surface area contributed by atoms with Crippen LogP contribution in [0.1, 0.15) is 29.6 Å². The van der Waals surface area contributed by atoms with Crippen molar-refractivity contribution in [2.45, 2.75) is 25.3 Å². The first-order valence-corrected chi connectivity index (χ1v) is 7.40. The SMILES string of the molecule is CN1CCCC2CN(c3ncc(F)cc3C(=O)O)CCC21. The van der Waals surface area contributed by atoms with E-state index >= 15 is 0 Å². The summed E-state index contributed by atoms with van der Waals surface area (Å²) in [5, 5.41) is 9.25. The van der Waals surface area contributed by atoms with Crippen molar-refractivity contribution in [2.24, 2.45) is 5.92 Å². The number of hydrogen-bond acceptors (Lipinski definition) is 4. The van der Waals surface area contributed by atoms with Crippen molar-refractivity contribution in [1.82, 2.24) is 9.88 Å². The molecule has 0 aliphatic carbocycles. The van der Waals surface area contributed by atoms with Crippen LogP contribution in [-0.2, 0) is 0 Å². The average Bonchev–Trinajstić information content (AvgIpc) is 2.47. The standard InChI is InChI=1S/C15H20FN3O2/c1-18-5-2-3-10-9-19(6-4-13(10)18)14-12(15(20)21)7-11(16)8-17-14/h7-8,10,13H,2-6,9H2,1H3,(H,20,21). The summed E-state index contributed by atoms with van der Waals surface area (Å²) < 4.78 is 13.2. The van der Waals surface area contributed by atoms with Gasteiger partial charge in [-0.3, -0.25) is 0 Å². The fraction of sp³-hybridized carbons (Fsp3) is 0.600. The van der Waals surface area contributed by atoms with Crippen molar-refractivity contribution in [3.8, 4) is 0 Å². The number of likely N-dealkylation sites (tertiary alicyclic amines) is 1. The zero-order chi connectivity index (χ0) is 15.0. The molecule has 0 spiro atoms. The molecule has 3 rings (SSSR count). The van der Waals surface area contributed by atoms with E-state index in [9.17, 15) is 14.3 Å². The summed E-state index contributed by atoms with van der Waals surface area (Å²) in [6.45, 7) is 2.70. The smallest absolute Gasteiger partial charge is 0.339 e. The molecule has 0 aromatic carbocycles. The first-order chi connectivity index (χ1) is 10.1. The molecule has 6 heteroatoms. The summed E-state index contributed by atoms with van der Waals surface area (Å²) in [7, 11) is 2.16. The predicted octanol–water partition coefficient (Wildman–Crippen LogP) is 1.84. The van der Waals surface area contributed by atoms with Crippen LogP contribution in [0.4, 0.5) is 10.2 Å². The fourth-order valence-electron chi connectivity index (χ4n) is 3.69. The molecule has 0 radical (unpaired) electrons. The van der Waals surface area contributed by atoms with E-state index in [1.807, 2.05) is 4.90 Å². The molecular weight excluding hydrogens is 273 g/mol. The number of nitrogens with zero attached hydrogens (tertiary/aromatic N) is 3. The molecule has 21 heavy (non-hydrogen) atoms. The van der Waals surface area contributed by atoms with E-state index in [0.717, 1.165) is 44.7 Å².